The van der Waals surface area contributed by atoms with E-state index < -0.39 is 29.4 Å². The lowest BCUT2D eigenvalue weighted by Gasteiger charge is -2.14. The van der Waals surface area contributed by atoms with Gasteiger partial charge in [-0.3, -0.25) is 14.8 Å². The molecule has 40 heavy (non-hydrogen) atoms. The van der Waals surface area contributed by atoms with Gasteiger partial charge in [0.05, 0.1) is 12.7 Å². The molecule has 0 saturated heterocycles. The molecule has 0 aliphatic rings. The average Bonchev–Trinajstić information content (AvgIpc) is 3.42. The monoisotopic (exact) mass is 559 g/mol. The Morgan fingerprint density at radius 1 is 0.975 bits per heavy atom. The molecule has 1 N–H and O–H groups in total. The fourth-order valence-corrected chi connectivity index (χ4v) is 4.35. The van der Waals surface area contributed by atoms with Gasteiger partial charge in [0, 0.05) is 37.0 Å². The maximum atomic E-state index is 14.3. The first-order valence-corrected chi connectivity index (χ1v) is 11.6. The average molecular weight is 559 g/mol. The highest BCUT2D eigenvalue weighted by atomic mass is 19.4. The van der Waals surface area contributed by atoms with Crippen LogP contribution in [0.2, 0.25) is 0 Å². The summed E-state index contributed by atoms with van der Waals surface area (Å²) in [4.78, 5) is 23.2. The van der Waals surface area contributed by atoms with Crippen LogP contribution in [0, 0.1) is 5.41 Å². The number of hydrogen-bond acceptors (Lipinski definition) is 5. The Bertz CT molecular complexity index is 1820. The minimum absolute atomic E-state index is 0.00185. The van der Waals surface area contributed by atoms with E-state index in [1.165, 1.54) is 45.1 Å². The molecule has 0 radical (unpaired) electrons. The molecule has 0 bridgehead atoms. The minimum atomic E-state index is -4.58. The summed E-state index contributed by atoms with van der Waals surface area (Å²) in [7, 11) is 3.05. The van der Waals surface area contributed by atoms with Crippen molar-refractivity contribution in [3.63, 3.8) is 0 Å². The van der Waals surface area contributed by atoms with Gasteiger partial charge in [-0.15, -0.1) is 0 Å². The fourth-order valence-electron chi connectivity index (χ4n) is 4.35. The number of hydrogen-bond donors (Lipinski definition) is 1. The van der Waals surface area contributed by atoms with E-state index >= 15 is 0 Å². The third-order valence-corrected chi connectivity index (χ3v) is 6.41. The summed E-state index contributed by atoms with van der Waals surface area (Å²) in [6.07, 6.45) is -2.35. The van der Waals surface area contributed by atoms with Crippen LogP contribution in [-0.2, 0) is 37.5 Å². The van der Waals surface area contributed by atoms with Crippen LogP contribution in [0.15, 0.2) is 60.9 Å². The Hall–Kier alpha value is -4.75. The molecule has 5 rings (SSSR count). The third kappa shape index (κ3) is 4.54. The number of alkyl halides is 5. The SMILES string of the molecule is Cn1cc(C(F)(F)F)nc1-c1ccc(Cn2c(=N)n(C)c3cnc(-c4ccccc4C(F)(F)C(=O)F)nc32)cc1. The van der Waals surface area contributed by atoms with Crippen LogP contribution in [0.1, 0.15) is 16.8 Å². The lowest BCUT2D eigenvalue weighted by molar-refractivity contribution is -0.157. The maximum absolute atomic E-state index is 14.3. The Balaban J connectivity index is 1.53. The van der Waals surface area contributed by atoms with Gasteiger partial charge in [-0.05, 0) is 5.56 Å². The van der Waals surface area contributed by atoms with Crippen molar-refractivity contribution in [2.75, 3.05) is 0 Å². The summed E-state index contributed by atoms with van der Waals surface area (Å²) in [6.45, 7) is 0.0993. The number of carbonyl (C=O) groups excluding carboxylic acids is 1. The van der Waals surface area contributed by atoms with E-state index in [1.807, 2.05) is 0 Å². The molecule has 8 nitrogen and oxygen atoms in total. The lowest BCUT2D eigenvalue weighted by atomic mass is 10.0. The Morgan fingerprint density at radius 3 is 2.27 bits per heavy atom. The van der Waals surface area contributed by atoms with Gasteiger partial charge in [0.15, 0.2) is 17.2 Å². The molecule has 0 fully saturated rings. The first kappa shape index (κ1) is 26.8. The summed E-state index contributed by atoms with van der Waals surface area (Å²) in [5, 5.41) is 8.54. The smallest absolute Gasteiger partial charge is 0.333 e. The summed E-state index contributed by atoms with van der Waals surface area (Å²) >= 11 is 0. The van der Waals surface area contributed by atoms with Crippen LogP contribution in [0.3, 0.4) is 0 Å². The highest BCUT2D eigenvalue weighted by molar-refractivity contribution is 5.82. The second-order valence-corrected chi connectivity index (χ2v) is 9.02. The van der Waals surface area contributed by atoms with Crippen molar-refractivity contribution in [1.29, 1.82) is 5.41 Å². The summed E-state index contributed by atoms with van der Waals surface area (Å²) < 4.78 is 85.2. The number of nitrogens with one attached hydrogen (secondary N) is 1. The van der Waals surface area contributed by atoms with E-state index in [1.54, 1.807) is 31.3 Å². The zero-order valence-corrected chi connectivity index (χ0v) is 20.8. The summed E-state index contributed by atoms with van der Waals surface area (Å²) in [6, 6.07) is 8.50. The number of aryl methyl sites for hydroxylation is 2. The highest BCUT2D eigenvalue weighted by Gasteiger charge is 2.43. The van der Waals surface area contributed by atoms with Gasteiger partial charge < -0.3 is 9.13 Å². The molecule has 0 aliphatic carbocycles. The van der Waals surface area contributed by atoms with Crippen molar-refractivity contribution in [3.05, 3.63) is 83.4 Å². The number of imidazole rings is 2. The van der Waals surface area contributed by atoms with Crippen molar-refractivity contribution < 1.29 is 31.1 Å². The Morgan fingerprint density at radius 2 is 1.65 bits per heavy atom. The van der Waals surface area contributed by atoms with Gasteiger partial charge in [0.1, 0.15) is 11.3 Å². The number of halogens is 6. The quantitative estimate of drug-likeness (QED) is 0.235. The molecule has 14 heteroatoms. The summed E-state index contributed by atoms with van der Waals surface area (Å²) in [5.74, 6) is -4.48. The number of nitrogens with zero attached hydrogens (tertiary/aromatic N) is 6. The number of rotatable bonds is 6. The van der Waals surface area contributed by atoms with Gasteiger partial charge in [-0.2, -0.15) is 26.3 Å². The van der Waals surface area contributed by atoms with Crippen LogP contribution >= 0.6 is 0 Å². The van der Waals surface area contributed by atoms with E-state index in [0.29, 0.717) is 16.6 Å². The predicted molar refractivity (Wildman–Crippen MR) is 131 cm³/mol. The topological polar surface area (TPSA) is 94.4 Å². The summed E-state index contributed by atoms with van der Waals surface area (Å²) in [5.41, 5.74) is -0.426. The molecule has 0 aliphatic heterocycles. The number of aromatic nitrogens is 6. The van der Waals surface area contributed by atoms with Crippen LogP contribution in [0.5, 0.6) is 0 Å². The molecule has 0 unspecified atom stereocenters. The second-order valence-electron chi connectivity index (χ2n) is 9.02. The van der Waals surface area contributed by atoms with Crippen molar-refractivity contribution in [3.8, 4) is 22.8 Å². The molecule has 0 saturated carbocycles. The lowest BCUT2D eigenvalue weighted by Crippen LogP contribution is -2.23. The van der Waals surface area contributed by atoms with E-state index in [9.17, 15) is 31.1 Å². The fraction of sp³-hybridized carbons (Fsp3) is 0.192. The van der Waals surface area contributed by atoms with Crippen molar-refractivity contribution in [2.45, 2.75) is 18.6 Å². The van der Waals surface area contributed by atoms with Crippen molar-refractivity contribution in [2.24, 2.45) is 14.1 Å². The van der Waals surface area contributed by atoms with Gasteiger partial charge in [0.25, 0.3) is 0 Å². The molecule has 206 valence electrons. The van der Waals surface area contributed by atoms with Gasteiger partial charge in [-0.1, -0.05) is 48.5 Å². The van der Waals surface area contributed by atoms with Crippen molar-refractivity contribution in [1.82, 2.24) is 28.7 Å². The van der Waals surface area contributed by atoms with E-state index in [-0.39, 0.29) is 35.0 Å². The van der Waals surface area contributed by atoms with Gasteiger partial charge >= 0.3 is 18.1 Å². The highest BCUT2D eigenvalue weighted by Crippen LogP contribution is 2.36. The van der Waals surface area contributed by atoms with Crippen LogP contribution in [0.4, 0.5) is 26.3 Å². The number of carbonyl (C=O) groups is 1. The minimum Gasteiger partial charge on any atom is -0.333 e. The zero-order valence-electron chi connectivity index (χ0n) is 20.8. The van der Waals surface area contributed by atoms with Gasteiger partial charge in [0.2, 0.25) is 5.62 Å². The molecular formula is C26H19F6N7O. The molecular weight excluding hydrogens is 540 g/mol. The first-order valence-electron chi connectivity index (χ1n) is 11.6. The van der Waals surface area contributed by atoms with E-state index in [2.05, 4.69) is 15.0 Å². The Kier molecular flexibility index (Phi) is 6.35. The molecule has 0 atom stereocenters. The predicted octanol–water partition coefficient (Wildman–Crippen LogP) is 4.97. The largest absolute Gasteiger partial charge is 0.434 e. The van der Waals surface area contributed by atoms with Crippen LogP contribution in [-0.4, -0.2) is 34.7 Å². The maximum Gasteiger partial charge on any atom is 0.434 e. The molecule has 3 aromatic heterocycles. The van der Waals surface area contributed by atoms with E-state index in [0.717, 1.165) is 12.3 Å². The number of fused-ring (bicyclic) bond motifs is 1. The van der Waals surface area contributed by atoms with Crippen LogP contribution < -0.4 is 5.62 Å². The standard InChI is InChI=1S/C26H19F6N7O/c1-37-13-19(26(30,31)32)35-21(37)15-9-7-14(8-10-15)12-39-22-18(38(2)24(39)33)11-34-20(36-22)16-5-3-4-6-17(16)25(28,29)23(27)40/h3-11,13,33H,12H2,1-2H3. The van der Waals surface area contributed by atoms with Crippen LogP contribution in [0.25, 0.3) is 33.9 Å². The third-order valence-electron chi connectivity index (χ3n) is 6.41. The van der Waals surface area contributed by atoms with Gasteiger partial charge in [-0.25, -0.2) is 15.0 Å². The Labute approximate surface area is 221 Å². The van der Waals surface area contributed by atoms with E-state index in [4.69, 9.17) is 5.41 Å². The zero-order chi connectivity index (χ0) is 29.0. The number of benzene rings is 2. The molecule has 0 spiro atoms. The first-order chi connectivity index (χ1) is 18.8. The normalized spacial score (nSPS) is 12.3. The molecule has 0 amide bonds. The molecule has 3 heterocycles. The molecule has 5 aromatic rings. The molecule has 2 aromatic carbocycles. The van der Waals surface area contributed by atoms with Crippen molar-refractivity contribution >= 4 is 17.2 Å². The second kappa shape index (κ2) is 9.47.